The van der Waals surface area contributed by atoms with Gasteiger partial charge in [0.25, 0.3) is 0 Å². The summed E-state index contributed by atoms with van der Waals surface area (Å²) in [5.74, 6) is 0. The van der Waals surface area contributed by atoms with Crippen LogP contribution in [-0.4, -0.2) is 23.7 Å². The third-order valence-corrected chi connectivity index (χ3v) is 4.59. The summed E-state index contributed by atoms with van der Waals surface area (Å²) in [5, 5.41) is 0. The Morgan fingerprint density at radius 2 is 1.72 bits per heavy atom. The van der Waals surface area contributed by atoms with Gasteiger partial charge in [0.1, 0.15) is 0 Å². The highest BCUT2D eigenvalue weighted by Gasteiger charge is 2.52. The number of carbonyl (C=O) groups is 1. The molecule has 1 unspecified atom stereocenters. The van der Waals surface area contributed by atoms with Gasteiger partial charge in [-0.3, -0.25) is 4.90 Å². The molecule has 7 heteroatoms. The fourth-order valence-electron chi connectivity index (χ4n) is 2.98. The van der Waals surface area contributed by atoms with Gasteiger partial charge in [-0.05, 0) is 23.3 Å². The second kappa shape index (κ2) is 6.71. The number of hydrogen-bond donors (Lipinski definition) is 0. The summed E-state index contributed by atoms with van der Waals surface area (Å²) in [7, 11) is 0. The Morgan fingerprint density at radius 3 is 2.32 bits per heavy atom. The molecule has 3 nitrogen and oxygen atoms in total. The Bertz CT molecular complexity index is 749. The molecule has 25 heavy (non-hydrogen) atoms. The number of rotatable bonds is 4. The molecule has 1 saturated heterocycles. The van der Waals surface area contributed by atoms with E-state index in [0.29, 0.717) is 5.56 Å². The van der Waals surface area contributed by atoms with Gasteiger partial charge in [0.2, 0.25) is 0 Å². The van der Waals surface area contributed by atoms with Crippen LogP contribution in [0.5, 0.6) is 0 Å². The lowest BCUT2D eigenvalue weighted by molar-refractivity contribution is -0.171. The van der Waals surface area contributed by atoms with Crippen molar-refractivity contribution >= 4 is 22.0 Å². The van der Waals surface area contributed by atoms with Crippen LogP contribution in [0.15, 0.2) is 59.1 Å². The topological polar surface area (TPSA) is 29.5 Å². The minimum absolute atomic E-state index is 0.151. The molecule has 0 bridgehead atoms. The summed E-state index contributed by atoms with van der Waals surface area (Å²) in [6.07, 6.45) is -6.43. The molecule has 1 aliphatic rings. The van der Waals surface area contributed by atoms with Crippen LogP contribution < -0.4 is 0 Å². The molecule has 2 aromatic carbocycles. The summed E-state index contributed by atoms with van der Waals surface area (Å²) in [6, 6.07) is 15.5. The van der Waals surface area contributed by atoms with Crippen LogP contribution in [0.4, 0.5) is 18.0 Å². The second-order valence-electron chi connectivity index (χ2n) is 6.00. The van der Waals surface area contributed by atoms with Crippen molar-refractivity contribution in [3.63, 3.8) is 0 Å². The summed E-state index contributed by atoms with van der Waals surface area (Å²) >= 11 is 3.26. The van der Waals surface area contributed by atoms with E-state index in [0.717, 1.165) is 10.0 Å². The molecule has 0 aliphatic carbocycles. The lowest BCUT2D eigenvalue weighted by Gasteiger charge is -2.28. The van der Waals surface area contributed by atoms with Crippen molar-refractivity contribution in [2.24, 2.45) is 0 Å². The molecule has 1 aliphatic heterocycles. The van der Waals surface area contributed by atoms with E-state index in [1.54, 1.807) is 24.3 Å². The lowest BCUT2D eigenvalue weighted by atomic mass is 9.90. The van der Waals surface area contributed by atoms with Crippen molar-refractivity contribution in [2.45, 2.75) is 24.7 Å². The third-order valence-electron chi connectivity index (χ3n) is 4.06. The van der Waals surface area contributed by atoms with Crippen molar-refractivity contribution in [1.82, 2.24) is 4.90 Å². The van der Waals surface area contributed by atoms with E-state index in [9.17, 15) is 18.0 Å². The van der Waals surface area contributed by atoms with Crippen LogP contribution in [0.2, 0.25) is 0 Å². The first kappa shape index (κ1) is 17.8. The van der Waals surface area contributed by atoms with Gasteiger partial charge in [0.15, 0.2) is 5.60 Å². The minimum atomic E-state index is -4.46. The van der Waals surface area contributed by atoms with Crippen molar-refractivity contribution < 1.29 is 22.7 Å². The number of benzene rings is 2. The monoisotopic (exact) mass is 413 g/mol. The first-order valence-electron chi connectivity index (χ1n) is 7.62. The van der Waals surface area contributed by atoms with Gasteiger partial charge in [0, 0.05) is 11.0 Å². The maximum Gasteiger partial charge on any atom is 0.411 e. The Morgan fingerprint density at radius 1 is 1.08 bits per heavy atom. The highest BCUT2D eigenvalue weighted by atomic mass is 79.9. The molecular weight excluding hydrogens is 399 g/mol. The number of ether oxygens (including phenoxy) is 1. The van der Waals surface area contributed by atoms with Gasteiger partial charge in [-0.2, -0.15) is 13.2 Å². The largest absolute Gasteiger partial charge is 0.436 e. The van der Waals surface area contributed by atoms with E-state index in [1.807, 2.05) is 30.3 Å². The zero-order valence-corrected chi connectivity index (χ0v) is 14.7. The predicted octanol–water partition coefficient (Wildman–Crippen LogP) is 5.25. The molecule has 132 valence electrons. The van der Waals surface area contributed by atoms with Crippen LogP contribution in [0.1, 0.15) is 17.5 Å². The molecule has 1 amide bonds. The van der Waals surface area contributed by atoms with Crippen LogP contribution in [-0.2, 0) is 16.9 Å². The van der Waals surface area contributed by atoms with Crippen molar-refractivity contribution in [3.05, 3.63) is 70.2 Å². The molecule has 0 spiro atoms. The van der Waals surface area contributed by atoms with Crippen molar-refractivity contribution in [1.29, 1.82) is 0 Å². The standard InChI is InChI=1S/C18H15BrF3NO2/c19-15-8-6-14(7-9-15)17(11-18(20,21)22)12-23(16(24)25-17)10-13-4-2-1-3-5-13/h1-9H,10-12H2. The van der Waals surface area contributed by atoms with Gasteiger partial charge >= 0.3 is 12.3 Å². The highest BCUT2D eigenvalue weighted by Crippen LogP contribution is 2.42. The first-order chi connectivity index (χ1) is 11.8. The molecule has 3 rings (SSSR count). The minimum Gasteiger partial charge on any atom is -0.436 e. The summed E-state index contributed by atoms with van der Waals surface area (Å²) < 4.78 is 45.6. The van der Waals surface area contributed by atoms with E-state index in [-0.39, 0.29) is 13.1 Å². The van der Waals surface area contributed by atoms with Crippen LogP contribution in [0.25, 0.3) is 0 Å². The predicted molar refractivity (Wildman–Crippen MR) is 89.8 cm³/mol. The number of carbonyl (C=O) groups excluding carboxylic acids is 1. The summed E-state index contributed by atoms with van der Waals surface area (Å²) in [5.41, 5.74) is -0.569. The third kappa shape index (κ3) is 4.15. The van der Waals surface area contributed by atoms with Gasteiger partial charge < -0.3 is 4.74 Å². The summed E-state index contributed by atoms with van der Waals surface area (Å²) in [6.45, 7) is 0.0533. The molecule has 1 fully saturated rings. The molecule has 1 atom stereocenters. The summed E-state index contributed by atoms with van der Waals surface area (Å²) in [4.78, 5) is 13.6. The van der Waals surface area contributed by atoms with Crippen molar-refractivity contribution in [3.8, 4) is 0 Å². The number of cyclic esters (lactones) is 1. The number of hydrogen-bond acceptors (Lipinski definition) is 2. The van der Waals surface area contributed by atoms with Crippen LogP contribution in [0, 0.1) is 0 Å². The SMILES string of the molecule is O=C1OC(CC(F)(F)F)(c2ccc(Br)cc2)CN1Cc1ccccc1. The number of nitrogens with zero attached hydrogens (tertiary/aromatic N) is 1. The quantitative estimate of drug-likeness (QED) is 0.684. The van der Waals surface area contributed by atoms with Crippen LogP contribution in [0.3, 0.4) is 0 Å². The average Bonchev–Trinajstić information content (AvgIpc) is 2.83. The molecule has 0 aromatic heterocycles. The van der Waals surface area contributed by atoms with E-state index in [1.165, 1.54) is 4.90 Å². The highest BCUT2D eigenvalue weighted by molar-refractivity contribution is 9.10. The zero-order chi connectivity index (χ0) is 18.1. The van der Waals surface area contributed by atoms with E-state index in [2.05, 4.69) is 15.9 Å². The van der Waals surface area contributed by atoms with Gasteiger partial charge in [-0.15, -0.1) is 0 Å². The fraction of sp³-hybridized carbons (Fsp3) is 0.278. The molecule has 2 aromatic rings. The van der Waals surface area contributed by atoms with Gasteiger partial charge in [0.05, 0.1) is 13.0 Å². The second-order valence-corrected chi connectivity index (χ2v) is 6.92. The lowest BCUT2D eigenvalue weighted by Crippen LogP contribution is -2.36. The molecule has 0 radical (unpaired) electrons. The molecular formula is C18H15BrF3NO2. The normalized spacial score (nSPS) is 20.6. The van der Waals surface area contributed by atoms with Crippen LogP contribution >= 0.6 is 15.9 Å². The number of amides is 1. The van der Waals surface area contributed by atoms with Crippen molar-refractivity contribution in [2.75, 3.05) is 6.54 Å². The molecule has 0 N–H and O–H groups in total. The smallest absolute Gasteiger partial charge is 0.411 e. The van der Waals surface area contributed by atoms with E-state index >= 15 is 0 Å². The van der Waals surface area contributed by atoms with E-state index in [4.69, 9.17) is 4.74 Å². The zero-order valence-electron chi connectivity index (χ0n) is 13.1. The number of halogens is 4. The van der Waals surface area contributed by atoms with E-state index < -0.39 is 24.3 Å². The fourth-order valence-corrected chi connectivity index (χ4v) is 3.25. The van der Waals surface area contributed by atoms with Gasteiger partial charge in [-0.25, -0.2) is 4.79 Å². The maximum absolute atomic E-state index is 13.2. The molecule has 1 heterocycles. The number of alkyl halides is 3. The maximum atomic E-state index is 13.2. The van der Waals surface area contributed by atoms with Gasteiger partial charge in [-0.1, -0.05) is 58.4 Å². The Balaban J connectivity index is 1.90. The Labute approximate surface area is 151 Å². The Hall–Kier alpha value is -2.02. The average molecular weight is 414 g/mol. The Kier molecular flexibility index (Phi) is 4.77. The molecule has 0 saturated carbocycles. The first-order valence-corrected chi connectivity index (χ1v) is 8.41.